The summed E-state index contributed by atoms with van der Waals surface area (Å²) >= 11 is 3.08. The van der Waals surface area contributed by atoms with Crippen molar-refractivity contribution in [2.24, 2.45) is 11.8 Å². The van der Waals surface area contributed by atoms with E-state index in [2.05, 4.69) is 21.2 Å². The van der Waals surface area contributed by atoms with Gasteiger partial charge in [0, 0.05) is 5.69 Å². The van der Waals surface area contributed by atoms with Gasteiger partial charge in [0.2, 0.25) is 5.91 Å². The van der Waals surface area contributed by atoms with Crippen molar-refractivity contribution in [2.45, 2.75) is 19.8 Å². The van der Waals surface area contributed by atoms with Gasteiger partial charge in [0.25, 0.3) is 0 Å². The zero-order valence-corrected chi connectivity index (χ0v) is 13.0. The Morgan fingerprint density at radius 3 is 2.52 bits per heavy atom. The number of aliphatic carboxylic acids is 1. The third-order valence-corrected chi connectivity index (χ3v) is 4.22. The fourth-order valence-electron chi connectivity index (χ4n) is 2.38. The molecule has 21 heavy (non-hydrogen) atoms. The normalized spacial score (nSPS) is 21.1. The molecule has 1 aromatic rings. The average molecular weight is 356 g/mol. The van der Waals surface area contributed by atoms with E-state index in [0.29, 0.717) is 28.6 Å². The lowest BCUT2D eigenvalue weighted by atomic mass is 9.82. The zero-order chi connectivity index (χ0) is 15.6. The standard InChI is InChI=1S/C15H15BrFNO3/c1-8-6-11(16)12(17)7-13(8)18-14(19)9-4-2-3-5-10(9)15(20)21/h2-3,6-7,9-10H,4-5H2,1H3,(H,18,19)(H,20,21)/t9-,10+/m1/s1. The van der Waals surface area contributed by atoms with Crippen LogP contribution in [0.3, 0.4) is 0 Å². The lowest BCUT2D eigenvalue weighted by Gasteiger charge is -2.24. The summed E-state index contributed by atoms with van der Waals surface area (Å²) in [6, 6.07) is 2.80. The Balaban J connectivity index is 2.19. The molecule has 6 heteroatoms. The lowest BCUT2D eigenvalue weighted by molar-refractivity contribution is -0.146. The first-order valence-corrected chi connectivity index (χ1v) is 7.33. The molecule has 0 aliphatic heterocycles. The molecule has 2 atom stereocenters. The van der Waals surface area contributed by atoms with E-state index in [0.717, 1.165) is 0 Å². The van der Waals surface area contributed by atoms with Crippen molar-refractivity contribution >= 4 is 33.5 Å². The number of carboxylic acids is 1. The average Bonchev–Trinajstić information content (AvgIpc) is 2.44. The van der Waals surface area contributed by atoms with Gasteiger partial charge in [-0.15, -0.1) is 0 Å². The highest BCUT2D eigenvalue weighted by atomic mass is 79.9. The van der Waals surface area contributed by atoms with E-state index >= 15 is 0 Å². The van der Waals surface area contributed by atoms with E-state index in [9.17, 15) is 19.1 Å². The summed E-state index contributed by atoms with van der Waals surface area (Å²) < 4.78 is 13.9. The molecule has 0 unspecified atom stereocenters. The van der Waals surface area contributed by atoms with Crippen molar-refractivity contribution in [1.82, 2.24) is 0 Å². The predicted molar refractivity (Wildman–Crippen MR) is 80.5 cm³/mol. The summed E-state index contributed by atoms with van der Waals surface area (Å²) in [7, 11) is 0. The van der Waals surface area contributed by atoms with Crippen LogP contribution in [0.5, 0.6) is 0 Å². The highest BCUT2D eigenvalue weighted by Gasteiger charge is 2.34. The number of amides is 1. The van der Waals surface area contributed by atoms with Gasteiger partial charge < -0.3 is 10.4 Å². The van der Waals surface area contributed by atoms with Gasteiger partial charge in [-0.2, -0.15) is 0 Å². The number of hydrogen-bond acceptors (Lipinski definition) is 2. The highest BCUT2D eigenvalue weighted by molar-refractivity contribution is 9.10. The number of hydrogen-bond donors (Lipinski definition) is 2. The van der Waals surface area contributed by atoms with Crippen LogP contribution in [0.4, 0.5) is 10.1 Å². The van der Waals surface area contributed by atoms with Gasteiger partial charge in [-0.3, -0.25) is 9.59 Å². The van der Waals surface area contributed by atoms with E-state index in [4.69, 9.17) is 0 Å². The molecule has 4 nitrogen and oxygen atoms in total. The summed E-state index contributed by atoms with van der Waals surface area (Å²) in [5, 5.41) is 11.8. The summed E-state index contributed by atoms with van der Waals surface area (Å²) in [5.41, 5.74) is 1.06. The van der Waals surface area contributed by atoms with Crippen molar-refractivity contribution in [2.75, 3.05) is 5.32 Å². The van der Waals surface area contributed by atoms with Crippen molar-refractivity contribution in [1.29, 1.82) is 0 Å². The second-order valence-corrected chi connectivity index (χ2v) is 5.92. The van der Waals surface area contributed by atoms with Crippen LogP contribution in [0.1, 0.15) is 18.4 Å². The number of carbonyl (C=O) groups is 2. The number of carbonyl (C=O) groups excluding carboxylic acids is 1. The molecule has 0 spiro atoms. The van der Waals surface area contributed by atoms with Gasteiger partial charge in [-0.05, 0) is 53.4 Å². The molecule has 2 N–H and O–H groups in total. The van der Waals surface area contributed by atoms with Gasteiger partial charge >= 0.3 is 5.97 Å². The zero-order valence-electron chi connectivity index (χ0n) is 11.4. The molecule has 1 aromatic carbocycles. The van der Waals surface area contributed by atoms with Crippen LogP contribution >= 0.6 is 15.9 Å². The number of carboxylic acid groups (broad SMARTS) is 1. The van der Waals surface area contributed by atoms with E-state index < -0.39 is 29.5 Å². The molecule has 0 fully saturated rings. The van der Waals surface area contributed by atoms with E-state index in [1.165, 1.54) is 6.07 Å². The Bertz CT molecular complexity index is 615. The molecule has 0 aromatic heterocycles. The molecule has 0 bridgehead atoms. The minimum absolute atomic E-state index is 0.321. The van der Waals surface area contributed by atoms with Gasteiger partial charge in [-0.1, -0.05) is 12.2 Å². The molecular weight excluding hydrogens is 341 g/mol. The van der Waals surface area contributed by atoms with Gasteiger partial charge in [0.1, 0.15) is 5.82 Å². The Labute approximate surface area is 130 Å². The molecule has 0 saturated heterocycles. The van der Waals surface area contributed by atoms with Crippen LogP contribution in [0.15, 0.2) is 28.8 Å². The molecule has 112 valence electrons. The maximum Gasteiger partial charge on any atom is 0.307 e. The minimum Gasteiger partial charge on any atom is -0.481 e. The van der Waals surface area contributed by atoms with Crippen molar-refractivity contribution in [3.8, 4) is 0 Å². The third-order valence-electron chi connectivity index (χ3n) is 3.61. The number of aryl methyl sites for hydroxylation is 1. The number of allylic oxidation sites excluding steroid dienone is 2. The molecule has 0 saturated carbocycles. The summed E-state index contributed by atoms with van der Waals surface area (Å²) in [6.45, 7) is 1.75. The smallest absolute Gasteiger partial charge is 0.307 e. The topological polar surface area (TPSA) is 66.4 Å². The van der Waals surface area contributed by atoms with Crippen LogP contribution in [0.2, 0.25) is 0 Å². The monoisotopic (exact) mass is 355 g/mol. The maximum absolute atomic E-state index is 13.6. The molecular formula is C15H15BrFNO3. The van der Waals surface area contributed by atoms with E-state index in [-0.39, 0.29) is 0 Å². The Morgan fingerprint density at radius 1 is 1.29 bits per heavy atom. The van der Waals surface area contributed by atoms with E-state index in [1.807, 2.05) is 0 Å². The molecule has 0 heterocycles. The number of anilines is 1. The lowest BCUT2D eigenvalue weighted by Crippen LogP contribution is -2.34. The maximum atomic E-state index is 13.6. The van der Waals surface area contributed by atoms with Crippen molar-refractivity contribution in [3.63, 3.8) is 0 Å². The van der Waals surface area contributed by atoms with Gasteiger partial charge in [-0.25, -0.2) is 4.39 Å². The highest BCUT2D eigenvalue weighted by Crippen LogP contribution is 2.29. The fourth-order valence-corrected chi connectivity index (χ4v) is 2.84. The largest absolute Gasteiger partial charge is 0.481 e. The number of nitrogens with one attached hydrogen (secondary N) is 1. The number of halogens is 2. The number of rotatable bonds is 3. The first-order chi connectivity index (χ1) is 9.90. The summed E-state index contributed by atoms with van der Waals surface area (Å²) in [6.07, 6.45) is 4.29. The van der Waals surface area contributed by atoms with Crippen LogP contribution in [-0.4, -0.2) is 17.0 Å². The predicted octanol–water partition coefficient (Wildman–Crippen LogP) is 3.50. The molecule has 1 aliphatic carbocycles. The number of benzene rings is 1. The fraction of sp³-hybridized carbons (Fsp3) is 0.333. The van der Waals surface area contributed by atoms with Gasteiger partial charge in [0.15, 0.2) is 0 Å². The molecule has 1 amide bonds. The Morgan fingerprint density at radius 2 is 1.90 bits per heavy atom. The quantitative estimate of drug-likeness (QED) is 0.815. The van der Waals surface area contributed by atoms with Crippen LogP contribution in [-0.2, 0) is 9.59 Å². The summed E-state index contributed by atoms with van der Waals surface area (Å²) in [5.74, 6) is -3.24. The third kappa shape index (κ3) is 3.50. The first-order valence-electron chi connectivity index (χ1n) is 6.54. The Hall–Kier alpha value is -1.69. The van der Waals surface area contributed by atoms with Crippen molar-refractivity contribution < 1.29 is 19.1 Å². The molecule has 1 aliphatic rings. The SMILES string of the molecule is Cc1cc(Br)c(F)cc1NC(=O)[C@@H]1CC=CC[C@@H]1C(=O)O. The van der Waals surface area contributed by atoms with Crippen LogP contribution in [0, 0.1) is 24.6 Å². The second-order valence-electron chi connectivity index (χ2n) is 5.06. The first kappa shape index (κ1) is 15.7. The second kappa shape index (κ2) is 6.39. The van der Waals surface area contributed by atoms with E-state index in [1.54, 1.807) is 25.1 Å². The van der Waals surface area contributed by atoms with Crippen LogP contribution < -0.4 is 5.32 Å². The van der Waals surface area contributed by atoms with Crippen LogP contribution in [0.25, 0.3) is 0 Å². The molecule has 0 radical (unpaired) electrons. The Kier molecular flexibility index (Phi) is 4.77. The minimum atomic E-state index is -0.988. The summed E-state index contributed by atoms with van der Waals surface area (Å²) in [4.78, 5) is 23.5. The molecule has 2 rings (SSSR count). The van der Waals surface area contributed by atoms with Gasteiger partial charge in [0.05, 0.1) is 16.3 Å². The van der Waals surface area contributed by atoms with Crippen molar-refractivity contribution in [3.05, 3.63) is 40.1 Å².